The zero-order valence-electron chi connectivity index (χ0n) is 11.4. The van der Waals surface area contributed by atoms with Crippen LogP contribution in [0.3, 0.4) is 0 Å². The van der Waals surface area contributed by atoms with E-state index in [0.29, 0.717) is 0 Å². The Labute approximate surface area is 114 Å². The second-order valence-corrected chi connectivity index (χ2v) is 4.22. The molecule has 2 aromatic carbocycles. The third-order valence-electron chi connectivity index (χ3n) is 2.83. The van der Waals surface area contributed by atoms with Crippen LogP contribution in [-0.2, 0) is 0 Å². The SMILES string of the molecule is CCNc1ccccc1C=NN(C)c1ccccc1. The molecule has 0 aliphatic carbocycles. The molecule has 2 aromatic rings. The third kappa shape index (κ3) is 3.58. The maximum absolute atomic E-state index is 4.48. The Kier molecular flexibility index (Phi) is 4.56. The summed E-state index contributed by atoms with van der Waals surface area (Å²) in [4.78, 5) is 0. The maximum atomic E-state index is 4.48. The van der Waals surface area contributed by atoms with E-state index in [1.807, 2.05) is 60.7 Å². The molecule has 19 heavy (non-hydrogen) atoms. The number of anilines is 2. The molecule has 2 rings (SSSR count). The van der Waals surface area contributed by atoms with Crippen molar-refractivity contribution in [1.82, 2.24) is 0 Å². The molecule has 0 saturated carbocycles. The Balaban J connectivity index is 2.14. The smallest absolute Gasteiger partial charge is 0.0590 e. The first-order valence-electron chi connectivity index (χ1n) is 6.47. The Morgan fingerprint density at radius 2 is 1.74 bits per heavy atom. The lowest BCUT2D eigenvalue weighted by Crippen LogP contribution is -2.09. The molecule has 0 heterocycles. The van der Waals surface area contributed by atoms with E-state index in [4.69, 9.17) is 0 Å². The van der Waals surface area contributed by atoms with Crippen LogP contribution >= 0.6 is 0 Å². The zero-order valence-corrected chi connectivity index (χ0v) is 11.4. The van der Waals surface area contributed by atoms with E-state index in [9.17, 15) is 0 Å². The first-order chi connectivity index (χ1) is 9.31. The van der Waals surface area contributed by atoms with Gasteiger partial charge in [-0.05, 0) is 25.1 Å². The molecule has 0 unspecified atom stereocenters. The molecule has 0 aliphatic heterocycles. The Morgan fingerprint density at radius 3 is 2.47 bits per heavy atom. The average molecular weight is 253 g/mol. The highest BCUT2D eigenvalue weighted by atomic mass is 15.4. The number of benzene rings is 2. The molecular formula is C16H19N3. The lowest BCUT2D eigenvalue weighted by atomic mass is 10.2. The topological polar surface area (TPSA) is 27.6 Å². The number of para-hydroxylation sites is 2. The standard InChI is InChI=1S/C16H19N3/c1-3-17-16-12-8-7-9-14(16)13-18-19(2)15-10-5-4-6-11-15/h4-13,17H,3H2,1-2H3. The van der Waals surface area contributed by atoms with E-state index in [0.717, 1.165) is 23.5 Å². The summed E-state index contributed by atoms with van der Waals surface area (Å²) in [5.41, 5.74) is 3.27. The quantitative estimate of drug-likeness (QED) is 0.651. The molecular weight excluding hydrogens is 234 g/mol. The van der Waals surface area contributed by atoms with Crippen molar-refractivity contribution < 1.29 is 0 Å². The second-order valence-electron chi connectivity index (χ2n) is 4.22. The van der Waals surface area contributed by atoms with Gasteiger partial charge in [0.25, 0.3) is 0 Å². The number of nitrogens with one attached hydrogen (secondary N) is 1. The fourth-order valence-corrected chi connectivity index (χ4v) is 1.82. The lowest BCUT2D eigenvalue weighted by molar-refractivity contribution is 1.02. The van der Waals surface area contributed by atoms with Gasteiger partial charge in [0.15, 0.2) is 0 Å². The predicted molar refractivity (Wildman–Crippen MR) is 83.0 cm³/mol. The highest BCUT2D eigenvalue weighted by molar-refractivity contribution is 5.88. The van der Waals surface area contributed by atoms with E-state index in [1.54, 1.807) is 0 Å². The van der Waals surface area contributed by atoms with E-state index in [2.05, 4.69) is 29.5 Å². The molecule has 3 heteroatoms. The van der Waals surface area contributed by atoms with E-state index >= 15 is 0 Å². The van der Waals surface area contributed by atoms with E-state index < -0.39 is 0 Å². The van der Waals surface area contributed by atoms with Gasteiger partial charge in [0.2, 0.25) is 0 Å². The van der Waals surface area contributed by atoms with Crippen molar-refractivity contribution in [3.63, 3.8) is 0 Å². The highest BCUT2D eigenvalue weighted by Crippen LogP contribution is 2.14. The van der Waals surface area contributed by atoms with Crippen molar-refractivity contribution >= 4 is 17.6 Å². The first-order valence-corrected chi connectivity index (χ1v) is 6.47. The molecule has 0 aliphatic rings. The molecule has 0 radical (unpaired) electrons. The van der Waals surface area contributed by atoms with Crippen molar-refractivity contribution in [3.05, 3.63) is 60.2 Å². The monoisotopic (exact) mass is 253 g/mol. The van der Waals surface area contributed by atoms with Crippen molar-refractivity contribution in [1.29, 1.82) is 0 Å². The number of hydrogen-bond acceptors (Lipinski definition) is 3. The van der Waals surface area contributed by atoms with Crippen molar-refractivity contribution in [3.8, 4) is 0 Å². The van der Waals surface area contributed by atoms with Crippen LogP contribution in [0.1, 0.15) is 12.5 Å². The van der Waals surface area contributed by atoms with Gasteiger partial charge in [0, 0.05) is 24.8 Å². The molecule has 3 nitrogen and oxygen atoms in total. The molecule has 0 bridgehead atoms. The molecule has 0 aromatic heterocycles. The van der Waals surface area contributed by atoms with Crippen LogP contribution in [-0.4, -0.2) is 19.8 Å². The summed E-state index contributed by atoms with van der Waals surface area (Å²) in [6.07, 6.45) is 1.88. The average Bonchev–Trinajstić information content (AvgIpc) is 2.47. The van der Waals surface area contributed by atoms with Gasteiger partial charge in [-0.1, -0.05) is 36.4 Å². The first kappa shape index (κ1) is 13.1. The highest BCUT2D eigenvalue weighted by Gasteiger charge is 1.99. The largest absolute Gasteiger partial charge is 0.385 e. The molecule has 98 valence electrons. The Morgan fingerprint density at radius 1 is 1.05 bits per heavy atom. The van der Waals surface area contributed by atoms with E-state index in [1.165, 1.54) is 0 Å². The normalized spacial score (nSPS) is 10.6. The molecule has 0 atom stereocenters. The minimum atomic E-state index is 0.902. The van der Waals surface area contributed by atoms with Gasteiger partial charge < -0.3 is 5.32 Å². The Hall–Kier alpha value is -2.29. The number of nitrogens with zero attached hydrogens (tertiary/aromatic N) is 2. The summed E-state index contributed by atoms with van der Waals surface area (Å²) < 4.78 is 0. The van der Waals surface area contributed by atoms with Gasteiger partial charge in [0.1, 0.15) is 0 Å². The van der Waals surface area contributed by atoms with E-state index in [-0.39, 0.29) is 0 Å². The summed E-state index contributed by atoms with van der Waals surface area (Å²) in [6.45, 7) is 2.99. The van der Waals surface area contributed by atoms with Crippen LogP contribution in [0.4, 0.5) is 11.4 Å². The van der Waals surface area contributed by atoms with Crippen LogP contribution < -0.4 is 10.3 Å². The molecule has 0 amide bonds. The summed E-state index contributed by atoms with van der Waals surface area (Å²) in [5.74, 6) is 0. The maximum Gasteiger partial charge on any atom is 0.0590 e. The second kappa shape index (κ2) is 6.59. The predicted octanol–water partition coefficient (Wildman–Crippen LogP) is 3.59. The summed E-state index contributed by atoms with van der Waals surface area (Å²) in [6, 6.07) is 18.2. The van der Waals surface area contributed by atoms with Gasteiger partial charge in [-0.2, -0.15) is 5.10 Å². The minimum Gasteiger partial charge on any atom is -0.385 e. The number of rotatable bonds is 5. The Bertz CT molecular complexity index is 535. The van der Waals surface area contributed by atoms with Crippen LogP contribution in [0, 0.1) is 0 Å². The summed E-state index contributed by atoms with van der Waals surface area (Å²) >= 11 is 0. The van der Waals surface area contributed by atoms with Crippen molar-refractivity contribution in [2.75, 3.05) is 23.9 Å². The van der Waals surface area contributed by atoms with Gasteiger partial charge in [-0.25, -0.2) is 0 Å². The molecule has 1 N–H and O–H groups in total. The van der Waals surface area contributed by atoms with Crippen LogP contribution in [0.15, 0.2) is 59.7 Å². The fourth-order valence-electron chi connectivity index (χ4n) is 1.82. The van der Waals surface area contributed by atoms with Crippen LogP contribution in [0.2, 0.25) is 0 Å². The van der Waals surface area contributed by atoms with Gasteiger partial charge in [-0.15, -0.1) is 0 Å². The van der Waals surface area contributed by atoms with Gasteiger partial charge >= 0.3 is 0 Å². The summed E-state index contributed by atoms with van der Waals surface area (Å²) in [5, 5.41) is 9.67. The molecule has 0 saturated heterocycles. The molecule has 0 spiro atoms. The number of hydrogen-bond donors (Lipinski definition) is 1. The van der Waals surface area contributed by atoms with Crippen molar-refractivity contribution in [2.24, 2.45) is 5.10 Å². The van der Waals surface area contributed by atoms with Gasteiger partial charge in [0.05, 0.1) is 11.9 Å². The fraction of sp³-hybridized carbons (Fsp3) is 0.188. The molecule has 0 fully saturated rings. The lowest BCUT2D eigenvalue weighted by Gasteiger charge is -2.13. The van der Waals surface area contributed by atoms with Crippen LogP contribution in [0.25, 0.3) is 0 Å². The zero-order chi connectivity index (χ0) is 13.5. The van der Waals surface area contributed by atoms with Crippen molar-refractivity contribution in [2.45, 2.75) is 6.92 Å². The number of hydrazone groups is 1. The third-order valence-corrected chi connectivity index (χ3v) is 2.83. The summed E-state index contributed by atoms with van der Waals surface area (Å²) in [7, 11) is 1.95. The van der Waals surface area contributed by atoms with Crippen LogP contribution in [0.5, 0.6) is 0 Å². The minimum absolute atomic E-state index is 0.902. The van der Waals surface area contributed by atoms with Gasteiger partial charge in [-0.3, -0.25) is 5.01 Å².